The van der Waals surface area contributed by atoms with Crippen LogP contribution in [0.5, 0.6) is 0 Å². The van der Waals surface area contributed by atoms with Gasteiger partial charge in [-0.3, -0.25) is 0 Å². The smallest absolute Gasteiger partial charge is 0.304 e. The lowest BCUT2D eigenvalue weighted by atomic mass is 10.0. The van der Waals surface area contributed by atoms with E-state index in [1.165, 1.54) is 186 Å². The van der Waals surface area contributed by atoms with Gasteiger partial charge in [0.2, 0.25) is 0 Å². The molecule has 0 spiro atoms. The Kier molecular flexibility index (Phi) is 31.9. The van der Waals surface area contributed by atoms with Crippen molar-refractivity contribution in [3.05, 3.63) is 0 Å². The standard InChI is InChI=1S/C32H70O2Si2/c1-4-5-6-7-8-9-10-11-12-13-14-15-16-17-18-19-20-21-22-23-24-25-26-27-28-29-30-31-32-35(2)34-36(3)33/h33,35-36H,4-32H2,1-3H3. The highest BCUT2D eigenvalue weighted by atomic mass is 28.4. The average molecular weight is 543 g/mol. The van der Waals surface area contributed by atoms with Crippen LogP contribution < -0.4 is 0 Å². The van der Waals surface area contributed by atoms with Crippen molar-refractivity contribution in [3.8, 4) is 0 Å². The quantitative estimate of drug-likeness (QED) is 0.0697. The molecule has 2 nitrogen and oxygen atoms in total. The Morgan fingerprint density at radius 2 is 0.611 bits per heavy atom. The van der Waals surface area contributed by atoms with Crippen LogP contribution in [0.25, 0.3) is 0 Å². The van der Waals surface area contributed by atoms with Gasteiger partial charge in [-0.1, -0.05) is 187 Å². The highest BCUT2D eigenvalue weighted by molar-refractivity contribution is 6.61. The molecule has 2 atom stereocenters. The van der Waals surface area contributed by atoms with E-state index in [0.29, 0.717) is 0 Å². The first-order valence-electron chi connectivity index (χ1n) is 17.0. The first kappa shape index (κ1) is 36.4. The molecule has 1 N–H and O–H groups in total. The maximum Gasteiger partial charge on any atom is 0.304 e. The van der Waals surface area contributed by atoms with Crippen molar-refractivity contribution in [2.24, 2.45) is 0 Å². The van der Waals surface area contributed by atoms with Gasteiger partial charge in [0.1, 0.15) is 0 Å². The molecule has 0 amide bonds. The summed E-state index contributed by atoms with van der Waals surface area (Å²) >= 11 is 0. The normalized spacial score (nSPS) is 13.3. The van der Waals surface area contributed by atoms with Crippen molar-refractivity contribution in [2.45, 2.75) is 206 Å². The summed E-state index contributed by atoms with van der Waals surface area (Å²) in [5.74, 6) is 0. The molecule has 0 aromatic rings. The summed E-state index contributed by atoms with van der Waals surface area (Å²) < 4.78 is 5.64. The van der Waals surface area contributed by atoms with Gasteiger partial charge >= 0.3 is 9.28 Å². The fourth-order valence-electron chi connectivity index (χ4n) is 5.51. The van der Waals surface area contributed by atoms with Crippen LogP contribution in [0.1, 0.15) is 187 Å². The fourth-order valence-corrected chi connectivity index (χ4v) is 9.60. The molecule has 0 saturated heterocycles. The lowest BCUT2D eigenvalue weighted by Crippen LogP contribution is -2.23. The minimum absolute atomic E-state index is 1.05. The summed E-state index contributed by atoms with van der Waals surface area (Å²) in [7, 11) is -2.83. The molecular formula is C32H70O2Si2. The molecule has 0 radical (unpaired) electrons. The Balaban J connectivity index is 3.05. The molecule has 0 rings (SSSR count). The van der Waals surface area contributed by atoms with E-state index < -0.39 is 18.3 Å². The lowest BCUT2D eigenvalue weighted by molar-refractivity contribution is 0.428. The van der Waals surface area contributed by atoms with Crippen LogP contribution in [0, 0.1) is 0 Å². The van der Waals surface area contributed by atoms with Crippen molar-refractivity contribution in [3.63, 3.8) is 0 Å². The van der Waals surface area contributed by atoms with Crippen LogP contribution in [0.15, 0.2) is 0 Å². The first-order valence-corrected chi connectivity index (χ1v) is 21.6. The van der Waals surface area contributed by atoms with E-state index in [4.69, 9.17) is 4.12 Å². The minimum atomic E-state index is -1.77. The van der Waals surface area contributed by atoms with E-state index in [2.05, 4.69) is 13.5 Å². The van der Waals surface area contributed by atoms with Gasteiger partial charge in [0.25, 0.3) is 0 Å². The lowest BCUT2D eigenvalue weighted by Gasteiger charge is -2.12. The van der Waals surface area contributed by atoms with Crippen molar-refractivity contribution < 1.29 is 8.91 Å². The van der Waals surface area contributed by atoms with Crippen LogP contribution in [0.3, 0.4) is 0 Å². The minimum Gasteiger partial charge on any atom is -0.441 e. The van der Waals surface area contributed by atoms with Crippen LogP contribution >= 0.6 is 0 Å². The van der Waals surface area contributed by atoms with E-state index >= 15 is 0 Å². The third-order valence-electron chi connectivity index (χ3n) is 7.89. The van der Waals surface area contributed by atoms with Crippen molar-refractivity contribution >= 4 is 18.3 Å². The fraction of sp³-hybridized carbons (Fsp3) is 1.00. The van der Waals surface area contributed by atoms with Gasteiger partial charge in [-0.2, -0.15) is 0 Å². The number of hydrogen-bond donors (Lipinski definition) is 1. The zero-order valence-electron chi connectivity index (χ0n) is 25.5. The van der Waals surface area contributed by atoms with E-state index in [0.717, 1.165) is 0 Å². The van der Waals surface area contributed by atoms with Crippen molar-refractivity contribution in [1.29, 1.82) is 0 Å². The molecular weight excluding hydrogens is 473 g/mol. The number of rotatable bonds is 31. The van der Waals surface area contributed by atoms with Crippen LogP contribution in [-0.4, -0.2) is 23.1 Å². The van der Waals surface area contributed by atoms with Gasteiger partial charge in [-0.15, -0.1) is 0 Å². The molecule has 0 heterocycles. The van der Waals surface area contributed by atoms with E-state index in [-0.39, 0.29) is 0 Å². The molecule has 0 aromatic heterocycles. The van der Waals surface area contributed by atoms with Gasteiger partial charge in [0.05, 0.1) is 0 Å². The highest BCUT2D eigenvalue weighted by Crippen LogP contribution is 2.16. The third kappa shape index (κ3) is 32.4. The largest absolute Gasteiger partial charge is 0.441 e. The summed E-state index contributed by atoms with van der Waals surface area (Å²) in [6, 6.07) is 1.25. The zero-order valence-corrected chi connectivity index (χ0v) is 27.8. The van der Waals surface area contributed by atoms with Crippen LogP contribution in [0.4, 0.5) is 0 Å². The monoisotopic (exact) mass is 542 g/mol. The second kappa shape index (κ2) is 31.6. The molecule has 0 bridgehead atoms. The van der Waals surface area contributed by atoms with E-state index in [1.54, 1.807) is 0 Å². The van der Waals surface area contributed by atoms with E-state index in [1.807, 2.05) is 6.55 Å². The molecule has 36 heavy (non-hydrogen) atoms. The molecule has 0 saturated carbocycles. The summed E-state index contributed by atoms with van der Waals surface area (Å²) in [6.45, 7) is 6.41. The molecule has 0 fully saturated rings. The number of unbranched alkanes of at least 4 members (excludes halogenated alkanes) is 27. The van der Waals surface area contributed by atoms with Gasteiger partial charge < -0.3 is 8.91 Å². The second-order valence-corrected chi connectivity index (χ2v) is 16.4. The summed E-state index contributed by atoms with van der Waals surface area (Å²) in [5, 5.41) is 0. The van der Waals surface area contributed by atoms with E-state index in [9.17, 15) is 4.80 Å². The average Bonchev–Trinajstić information content (AvgIpc) is 2.85. The maximum absolute atomic E-state index is 9.38. The molecule has 4 heteroatoms. The Bertz CT molecular complexity index is 392. The van der Waals surface area contributed by atoms with Crippen LogP contribution in [-0.2, 0) is 4.12 Å². The maximum atomic E-state index is 9.38. The SMILES string of the molecule is CCCCCCCCCCCCCCCCCCCCCCCCCCCCCC[SiH](C)O[SiH](C)O. The Labute approximate surface area is 232 Å². The molecule has 0 aromatic carbocycles. The molecule has 2 unspecified atom stereocenters. The van der Waals surface area contributed by atoms with Gasteiger partial charge in [0, 0.05) is 0 Å². The Hall–Kier alpha value is 0.354. The molecule has 0 aliphatic heterocycles. The highest BCUT2D eigenvalue weighted by Gasteiger charge is 2.08. The number of hydrogen-bond acceptors (Lipinski definition) is 2. The Morgan fingerprint density at radius 1 is 0.389 bits per heavy atom. The zero-order chi connectivity index (χ0) is 26.4. The summed E-state index contributed by atoms with van der Waals surface area (Å²) in [4.78, 5) is 9.38. The molecule has 0 aliphatic rings. The molecule has 0 aliphatic carbocycles. The summed E-state index contributed by atoms with van der Waals surface area (Å²) in [5.41, 5.74) is 0. The van der Waals surface area contributed by atoms with Gasteiger partial charge in [-0.25, -0.2) is 0 Å². The first-order chi connectivity index (χ1) is 17.7. The van der Waals surface area contributed by atoms with Crippen molar-refractivity contribution in [2.75, 3.05) is 0 Å². The summed E-state index contributed by atoms with van der Waals surface area (Å²) in [6.07, 6.45) is 40.7. The second-order valence-electron chi connectivity index (χ2n) is 11.9. The Morgan fingerprint density at radius 3 is 0.833 bits per heavy atom. The third-order valence-corrected chi connectivity index (χ3v) is 12.5. The predicted octanol–water partition coefficient (Wildman–Crippen LogP) is 11.1. The van der Waals surface area contributed by atoms with Gasteiger partial charge in [-0.05, 0) is 19.1 Å². The van der Waals surface area contributed by atoms with Gasteiger partial charge in [0.15, 0.2) is 9.04 Å². The predicted molar refractivity (Wildman–Crippen MR) is 169 cm³/mol. The van der Waals surface area contributed by atoms with Crippen molar-refractivity contribution in [1.82, 2.24) is 0 Å². The topological polar surface area (TPSA) is 29.5 Å². The van der Waals surface area contributed by atoms with Crippen LogP contribution in [0.2, 0.25) is 19.1 Å². The molecule has 218 valence electrons.